The first-order valence-electron chi connectivity index (χ1n) is 9.32. The average Bonchev–Trinajstić information content (AvgIpc) is 2.89. The van der Waals surface area contributed by atoms with Crippen molar-refractivity contribution in [1.29, 1.82) is 0 Å². The van der Waals surface area contributed by atoms with Gasteiger partial charge in [0.25, 0.3) is 5.91 Å². The van der Waals surface area contributed by atoms with Crippen LogP contribution in [0.4, 0.5) is 0 Å². The van der Waals surface area contributed by atoms with Crippen molar-refractivity contribution in [2.45, 2.75) is 71.8 Å². The molecule has 1 aromatic rings. The molecule has 0 aliphatic heterocycles. The maximum atomic E-state index is 12.8. The van der Waals surface area contributed by atoms with E-state index in [2.05, 4.69) is 29.7 Å². The van der Waals surface area contributed by atoms with Crippen LogP contribution in [0.25, 0.3) is 0 Å². The van der Waals surface area contributed by atoms with E-state index in [4.69, 9.17) is 22.4 Å². The molecule has 4 N–H and O–H groups in total. The summed E-state index contributed by atoms with van der Waals surface area (Å²) >= 11 is 4.86. The molecule has 0 bridgehead atoms. The Morgan fingerprint density at radius 3 is 2.62 bits per heavy atom. The van der Waals surface area contributed by atoms with E-state index in [1.54, 1.807) is 0 Å². The van der Waals surface area contributed by atoms with Crippen LogP contribution in [0.5, 0.6) is 0 Å². The smallest absolute Gasteiger partial charge is 0.287 e. The van der Waals surface area contributed by atoms with Crippen molar-refractivity contribution in [3.8, 4) is 0 Å². The third-order valence-electron chi connectivity index (χ3n) is 5.24. The van der Waals surface area contributed by atoms with Crippen LogP contribution in [-0.4, -0.2) is 22.8 Å². The van der Waals surface area contributed by atoms with Gasteiger partial charge in [-0.05, 0) is 43.8 Å². The first kappa shape index (κ1) is 18.9. The number of amides is 1. The van der Waals surface area contributed by atoms with Gasteiger partial charge in [0.2, 0.25) is 0 Å². The Morgan fingerprint density at radius 1 is 1.27 bits per heavy atom. The predicted molar refractivity (Wildman–Crippen MR) is 106 cm³/mol. The minimum atomic E-state index is -0.122. The van der Waals surface area contributed by atoms with E-state index < -0.39 is 0 Å². The third-order valence-corrected chi connectivity index (χ3v) is 5.33. The predicted octanol–water partition coefficient (Wildman–Crippen LogP) is 3.16. The maximum absolute atomic E-state index is 12.8. The summed E-state index contributed by atoms with van der Waals surface area (Å²) in [7, 11) is 0. The fraction of sp³-hybridized carbons (Fsp3) is 0.632. The molecule has 1 aromatic heterocycles. The van der Waals surface area contributed by atoms with E-state index in [1.807, 2.05) is 6.92 Å². The zero-order valence-electron chi connectivity index (χ0n) is 15.8. The molecular weight excluding hydrogens is 348 g/mol. The second-order valence-corrected chi connectivity index (χ2v) is 8.65. The van der Waals surface area contributed by atoms with Crippen LogP contribution in [0.15, 0.2) is 9.52 Å². The average molecular weight is 377 g/mol. The number of fused-ring (bicyclic) bond motifs is 1. The van der Waals surface area contributed by atoms with Gasteiger partial charge in [0, 0.05) is 23.6 Å². The molecular formula is C19H28N4O2S. The van der Waals surface area contributed by atoms with Crippen molar-refractivity contribution in [2.24, 2.45) is 16.3 Å². The number of hydrazone groups is 1. The van der Waals surface area contributed by atoms with Crippen LogP contribution in [-0.2, 0) is 6.42 Å². The second-order valence-electron chi connectivity index (χ2n) is 8.22. The fourth-order valence-electron chi connectivity index (χ4n) is 4.05. The topological polar surface area (TPSA) is 92.6 Å². The van der Waals surface area contributed by atoms with Gasteiger partial charge in [-0.25, -0.2) is 0 Å². The number of nitrogens with one attached hydrogen (secondary N) is 2. The standard InChI is InChI=1S/C19H28N4O2S/c1-11-15-13(22-23-18(20)26)9-19(2,3)10-14(15)25-16(11)17(24)21-12-7-5-4-6-8-12/h12H,4-10H2,1-3H3,(H,21,24)(H3,20,23,26)/b22-13-. The quantitative estimate of drug-likeness (QED) is 0.557. The van der Waals surface area contributed by atoms with Crippen molar-refractivity contribution < 1.29 is 9.21 Å². The molecule has 0 spiro atoms. The van der Waals surface area contributed by atoms with Gasteiger partial charge in [-0.15, -0.1) is 0 Å². The summed E-state index contributed by atoms with van der Waals surface area (Å²) in [6, 6.07) is 0.249. The van der Waals surface area contributed by atoms with Gasteiger partial charge in [0.05, 0.1) is 5.71 Å². The van der Waals surface area contributed by atoms with Crippen LogP contribution in [0.2, 0.25) is 0 Å². The number of rotatable bonds is 3. The Labute approximate surface area is 160 Å². The lowest BCUT2D eigenvalue weighted by molar-refractivity contribution is 0.0895. The molecule has 142 valence electrons. The molecule has 2 aliphatic rings. The highest BCUT2D eigenvalue weighted by atomic mass is 32.1. The highest BCUT2D eigenvalue weighted by Crippen LogP contribution is 2.38. The third kappa shape index (κ3) is 4.09. The van der Waals surface area contributed by atoms with E-state index >= 15 is 0 Å². The first-order valence-corrected chi connectivity index (χ1v) is 9.73. The maximum Gasteiger partial charge on any atom is 0.287 e. The minimum Gasteiger partial charge on any atom is -0.455 e. The molecule has 0 aromatic carbocycles. The van der Waals surface area contributed by atoms with Gasteiger partial charge in [0.1, 0.15) is 5.76 Å². The monoisotopic (exact) mass is 376 g/mol. The number of nitrogens with two attached hydrogens (primary N) is 1. The van der Waals surface area contributed by atoms with Crippen LogP contribution < -0.4 is 16.5 Å². The molecule has 6 nitrogen and oxygen atoms in total. The number of carbonyl (C=O) groups excluding carboxylic acids is 1. The number of nitrogens with zero attached hydrogens (tertiary/aromatic N) is 1. The molecule has 0 saturated heterocycles. The number of hydrogen-bond donors (Lipinski definition) is 3. The number of furan rings is 1. The molecule has 1 fully saturated rings. The molecule has 0 unspecified atom stereocenters. The summed E-state index contributed by atoms with van der Waals surface area (Å²) in [5.41, 5.74) is 10.8. The van der Waals surface area contributed by atoms with Gasteiger partial charge < -0.3 is 15.5 Å². The molecule has 7 heteroatoms. The first-order chi connectivity index (χ1) is 12.3. The summed E-state index contributed by atoms with van der Waals surface area (Å²) in [4.78, 5) is 12.8. The summed E-state index contributed by atoms with van der Waals surface area (Å²) in [5.74, 6) is 1.10. The summed E-state index contributed by atoms with van der Waals surface area (Å²) in [5, 5.41) is 7.64. The molecule has 0 radical (unpaired) electrons. The summed E-state index contributed by atoms with van der Waals surface area (Å²) in [6.07, 6.45) is 7.23. The van der Waals surface area contributed by atoms with E-state index in [0.717, 1.165) is 48.3 Å². The molecule has 1 saturated carbocycles. The van der Waals surface area contributed by atoms with Crippen LogP contribution in [0.3, 0.4) is 0 Å². The SMILES string of the molecule is Cc1c(C(=O)NC2CCCCC2)oc2c1/C(=N\NC(N)=S)CC(C)(C)C2. The van der Waals surface area contributed by atoms with Crippen LogP contribution >= 0.6 is 12.2 Å². The van der Waals surface area contributed by atoms with Gasteiger partial charge in [-0.2, -0.15) is 5.10 Å². The highest BCUT2D eigenvalue weighted by molar-refractivity contribution is 7.80. The van der Waals surface area contributed by atoms with Crippen molar-refractivity contribution >= 4 is 28.9 Å². The lowest BCUT2D eigenvalue weighted by Gasteiger charge is -2.29. The Balaban J connectivity index is 1.89. The molecule has 3 rings (SSSR count). The lowest BCUT2D eigenvalue weighted by atomic mass is 9.75. The van der Waals surface area contributed by atoms with Crippen molar-refractivity contribution in [3.63, 3.8) is 0 Å². The highest BCUT2D eigenvalue weighted by Gasteiger charge is 2.36. The zero-order chi connectivity index (χ0) is 18.9. The van der Waals surface area contributed by atoms with E-state index in [1.165, 1.54) is 19.3 Å². The summed E-state index contributed by atoms with van der Waals surface area (Å²) < 4.78 is 6.03. The number of thiocarbonyl (C=S) groups is 1. The van der Waals surface area contributed by atoms with Crippen molar-refractivity contribution in [2.75, 3.05) is 0 Å². The van der Waals surface area contributed by atoms with E-state index in [0.29, 0.717) is 5.76 Å². The second kappa shape index (κ2) is 7.39. The van der Waals surface area contributed by atoms with Crippen LogP contribution in [0.1, 0.15) is 79.8 Å². The molecule has 0 atom stereocenters. The van der Waals surface area contributed by atoms with Gasteiger partial charge in [-0.3, -0.25) is 10.2 Å². The van der Waals surface area contributed by atoms with E-state index in [9.17, 15) is 4.79 Å². The Hall–Kier alpha value is -1.89. The molecule has 2 aliphatic carbocycles. The fourth-order valence-corrected chi connectivity index (χ4v) is 4.09. The van der Waals surface area contributed by atoms with Crippen molar-refractivity contribution in [1.82, 2.24) is 10.7 Å². The Morgan fingerprint density at radius 2 is 1.96 bits per heavy atom. The van der Waals surface area contributed by atoms with Gasteiger partial charge >= 0.3 is 0 Å². The normalized spacial score (nSPS) is 21.3. The number of hydrogen-bond acceptors (Lipinski definition) is 4. The Bertz CT molecular complexity index is 745. The lowest BCUT2D eigenvalue weighted by Crippen LogP contribution is -2.36. The van der Waals surface area contributed by atoms with E-state index in [-0.39, 0.29) is 22.5 Å². The largest absolute Gasteiger partial charge is 0.455 e. The molecule has 1 heterocycles. The Kier molecular flexibility index (Phi) is 5.37. The molecule has 26 heavy (non-hydrogen) atoms. The summed E-state index contributed by atoms with van der Waals surface area (Å²) in [6.45, 7) is 6.24. The molecule has 1 amide bonds. The minimum absolute atomic E-state index is 0.00879. The number of carbonyl (C=O) groups is 1. The zero-order valence-corrected chi connectivity index (χ0v) is 16.6. The van der Waals surface area contributed by atoms with Crippen LogP contribution in [0, 0.1) is 12.3 Å². The van der Waals surface area contributed by atoms with Gasteiger partial charge in [-0.1, -0.05) is 33.1 Å². The van der Waals surface area contributed by atoms with Crippen molar-refractivity contribution in [3.05, 3.63) is 22.6 Å². The van der Waals surface area contributed by atoms with Gasteiger partial charge in [0.15, 0.2) is 10.9 Å².